The van der Waals surface area contributed by atoms with E-state index in [1.54, 1.807) is 31.2 Å². The van der Waals surface area contributed by atoms with Crippen LogP contribution in [-0.4, -0.2) is 36.7 Å². The zero-order chi connectivity index (χ0) is 18.7. The van der Waals surface area contributed by atoms with Crippen molar-refractivity contribution in [3.63, 3.8) is 0 Å². The van der Waals surface area contributed by atoms with E-state index in [1.165, 1.54) is 23.9 Å². The second-order valence-electron chi connectivity index (χ2n) is 5.78. The first-order valence-electron chi connectivity index (χ1n) is 7.86. The molecule has 0 fully saturated rings. The number of rotatable bonds is 5. The first kappa shape index (κ1) is 18.4. The SMILES string of the molecule is Cc1cccc(NC(=O)CCS(=O)(=O)c2ccc3c(c2)NC(=O)CS3)n1. The normalized spacial score (nSPS) is 13.7. The number of sulfone groups is 1. The van der Waals surface area contributed by atoms with Crippen molar-refractivity contribution >= 4 is 44.9 Å². The minimum Gasteiger partial charge on any atom is -0.324 e. The lowest BCUT2D eigenvalue weighted by Crippen LogP contribution is -2.20. The zero-order valence-corrected chi connectivity index (χ0v) is 15.6. The summed E-state index contributed by atoms with van der Waals surface area (Å²) < 4.78 is 25.0. The predicted molar refractivity (Wildman–Crippen MR) is 100 cm³/mol. The largest absolute Gasteiger partial charge is 0.324 e. The molecule has 2 heterocycles. The third kappa shape index (κ3) is 4.41. The molecule has 1 aliphatic heterocycles. The molecule has 136 valence electrons. The van der Waals surface area contributed by atoms with E-state index >= 15 is 0 Å². The molecule has 0 spiro atoms. The summed E-state index contributed by atoms with van der Waals surface area (Å²) in [6, 6.07) is 9.81. The van der Waals surface area contributed by atoms with Gasteiger partial charge in [0.25, 0.3) is 0 Å². The van der Waals surface area contributed by atoms with E-state index < -0.39 is 15.7 Å². The van der Waals surface area contributed by atoms with Crippen molar-refractivity contribution < 1.29 is 18.0 Å². The molecule has 0 atom stereocenters. The number of fused-ring (bicyclic) bond motifs is 1. The second kappa shape index (κ2) is 7.46. The fourth-order valence-corrected chi connectivity index (χ4v) is 4.47. The maximum atomic E-state index is 12.5. The fraction of sp³-hybridized carbons (Fsp3) is 0.235. The van der Waals surface area contributed by atoms with Crippen LogP contribution in [0.15, 0.2) is 46.2 Å². The molecule has 0 radical (unpaired) electrons. The number of pyridine rings is 1. The number of nitrogens with one attached hydrogen (secondary N) is 2. The number of nitrogens with zero attached hydrogens (tertiary/aromatic N) is 1. The Kier molecular flexibility index (Phi) is 5.28. The third-order valence-corrected chi connectivity index (χ3v) is 6.48. The van der Waals surface area contributed by atoms with Gasteiger partial charge < -0.3 is 10.6 Å². The molecule has 1 aromatic carbocycles. The smallest absolute Gasteiger partial charge is 0.234 e. The number of thioether (sulfide) groups is 1. The Morgan fingerprint density at radius 3 is 2.88 bits per heavy atom. The lowest BCUT2D eigenvalue weighted by Gasteiger charge is -2.17. The number of carbonyl (C=O) groups is 2. The summed E-state index contributed by atoms with van der Waals surface area (Å²) in [5.41, 5.74) is 1.24. The molecule has 9 heteroatoms. The summed E-state index contributed by atoms with van der Waals surface area (Å²) in [5.74, 6) is -0.215. The molecule has 0 bridgehead atoms. The van der Waals surface area contributed by atoms with Gasteiger partial charge in [-0.25, -0.2) is 13.4 Å². The van der Waals surface area contributed by atoms with Crippen LogP contribution in [0.1, 0.15) is 12.1 Å². The maximum Gasteiger partial charge on any atom is 0.234 e. The third-order valence-electron chi connectivity index (χ3n) is 3.70. The zero-order valence-electron chi connectivity index (χ0n) is 14.0. The van der Waals surface area contributed by atoms with E-state index in [0.29, 0.717) is 17.3 Å². The number of hydrogen-bond donors (Lipinski definition) is 2. The minimum absolute atomic E-state index is 0.0838. The molecule has 0 saturated carbocycles. The topological polar surface area (TPSA) is 105 Å². The molecule has 2 amide bonds. The lowest BCUT2D eigenvalue weighted by molar-refractivity contribution is -0.116. The molecule has 3 rings (SSSR count). The Balaban J connectivity index is 1.66. The summed E-state index contributed by atoms with van der Waals surface area (Å²) in [4.78, 5) is 28.5. The number of benzene rings is 1. The van der Waals surface area contributed by atoms with Crippen molar-refractivity contribution in [2.45, 2.75) is 23.1 Å². The van der Waals surface area contributed by atoms with Gasteiger partial charge in [0, 0.05) is 17.0 Å². The van der Waals surface area contributed by atoms with E-state index in [1.807, 2.05) is 0 Å². The summed E-state index contributed by atoms with van der Waals surface area (Å²) in [6.45, 7) is 1.80. The molecule has 1 aliphatic rings. The average Bonchev–Trinajstić information content (AvgIpc) is 2.59. The van der Waals surface area contributed by atoms with Gasteiger partial charge >= 0.3 is 0 Å². The molecule has 0 aliphatic carbocycles. The van der Waals surface area contributed by atoms with Gasteiger partial charge in [-0.3, -0.25) is 9.59 Å². The Morgan fingerprint density at radius 2 is 2.12 bits per heavy atom. The van der Waals surface area contributed by atoms with Gasteiger partial charge in [-0.15, -0.1) is 11.8 Å². The quantitative estimate of drug-likeness (QED) is 0.810. The number of aryl methyl sites for hydroxylation is 1. The highest BCUT2D eigenvalue weighted by Gasteiger charge is 2.21. The van der Waals surface area contributed by atoms with Crippen molar-refractivity contribution in [3.8, 4) is 0 Å². The van der Waals surface area contributed by atoms with Gasteiger partial charge in [0.15, 0.2) is 9.84 Å². The monoisotopic (exact) mass is 391 g/mol. The number of anilines is 2. The Labute approximate surface area is 155 Å². The molecule has 0 saturated heterocycles. The Morgan fingerprint density at radius 1 is 1.31 bits per heavy atom. The van der Waals surface area contributed by atoms with Gasteiger partial charge in [0.2, 0.25) is 11.8 Å². The van der Waals surface area contributed by atoms with Crippen LogP contribution >= 0.6 is 11.8 Å². The lowest BCUT2D eigenvalue weighted by atomic mass is 10.3. The van der Waals surface area contributed by atoms with Crippen molar-refractivity contribution in [2.75, 3.05) is 22.1 Å². The van der Waals surface area contributed by atoms with E-state index in [4.69, 9.17) is 0 Å². The molecule has 26 heavy (non-hydrogen) atoms. The van der Waals surface area contributed by atoms with Gasteiger partial charge in [-0.1, -0.05) is 6.07 Å². The molecular weight excluding hydrogens is 374 g/mol. The van der Waals surface area contributed by atoms with Crippen LogP contribution < -0.4 is 10.6 Å². The van der Waals surface area contributed by atoms with Gasteiger partial charge in [0.05, 0.1) is 22.1 Å². The van der Waals surface area contributed by atoms with Crippen LogP contribution in [0.5, 0.6) is 0 Å². The standard InChI is InChI=1S/C17H17N3O4S2/c1-11-3-2-4-15(18-11)20-16(21)7-8-26(23,24)12-5-6-14-13(9-12)19-17(22)10-25-14/h2-6,9H,7-8,10H2,1H3,(H,19,22)(H,18,20,21). The van der Waals surface area contributed by atoms with Crippen LogP contribution in [0.2, 0.25) is 0 Å². The fourth-order valence-electron chi connectivity index (χ4n) is 2.42. The molecule has 1 aromatic heterocycles. The van der Waals surface area contributed by atoms with Crippen molar-refractivity contribution in [3.05, 3.63) is 42.1 Å². The number of aromatic nitrogens is 1. The van der Waals surface area contributed by atoms with E-state index in [9.17, 15) is 18.0 Å². The van der Waals surface area contributed by atoms with Crippen molar-refractivity contribution in [1.82, 2.24) is 4.98 Å². The highest BCUT2D eigenvalue weighted by atomic mass is 32.2. The van der Waals surface area contributed by atoms with Crippen LogP contribution in [0, 0.1) is 6.92 Å². The summed E-state index contributed by atoms with van der Waals surface area (Å²) >= 11 is 1.36. The maximum absolute atomic E-state index is 12.5. The number of hydrogen-bond acceptors (Lipinski definition) is 6. The van der Waals surface area contributed by atoms with Crippen LogP contribution in [-0.2, 0) is 19.4 Å². The molecule has 0 unspecified atom stereocenters. The van der Waals surface area contributed by atoms with Gasteiger partial charge in [-0.05, 0) is 37.3 Å². The van der Waals surface area contributed by atoms with Crippen LogP contribution in [0.3, 0.4) is 0 Å². The average molecular weight is 391 g/mol. The van der Waals surface area contributed by atoms with Gasteiger partial charge in [-0.2, -0.15) is 0 Å². The second-order valence-corrected chi connectivity index (χ2v) is 8.90. The van der Waals surface area contributed by atoms with Crippen molar-refractivity contribution in [1.29, 1.82) is 0 Å². The molecule has 2 aromatic rings. The first-order chi connectivity index (χ1) is 12.3. The van der Waals surface area contributed by atoms with Crippen LogP contribution in [0.25, 0.3) is 0 Å². The highest BCUT2D eigenvalue weighted by molar-refractivity contribution is 8.00. The van der Waals surface area contributed by atoms with Crippen molar-refractivity contribution in [2.24, 2.45) is 0 Å². The first-order valence-corrected chi connectivity index (χ1v) is 10.5. The number of carbonyl (C=O) groups excluding carboxylic acids is 2. The van der Waals surface area contributed by atoms with Crippen LogP contribution in [0.4, 0.5) is 11.5 Å². The summed E-state index contributed by atoms with van der Waals surface area (Å²) in [5, 5.41) is 5.25. The number of amides is 2. The summed E-state index contributed by atoms with van der Waals surface area (Å²) in [6.07, 6.45) is -0.184. The van der Waals surface area contributed by atoms with E-state index in [0.717, 1.165) is 10.6 Å². The highest BCUT2D eigenvalue weighted by Crippen LogP contribution is 2.33. The van der Waals surface area contributed by atoms with E-state index in [-0.39, 0.29) is 23.0 Å². The Bertz CT molecular complexity index is 974. The van der Waals surface area contributed by atoms with Gasteiger partial charge in [0.1, 0.15) is 5.82 Å². The molecule has 7 nitrogen and oxygen atoms in total. The minimum atomic E-state index is -3.65. The summed E-state index contributed by atoms with van der Waals surface area (Å²) in [7, 11) is -3.65. The van der Waals surface area contributed by atoms with E-state index in [2.05, 4.69) is 15.6 Å². The Hall–Kier alpha value is -2.39. The molecular formula is C17H17N3O4S2. The molecule has 2 N–H and O–H groups in total. The predicted octanol–water partition coefficient (Wildman–Crippen LogP) is 2.24.